The monoisotopic (exact) mass is 492 g/mol. The molecule has 1 aliphatic rings. The summed E-state index contributed by atoms with van der Waals surface area (Å²) in [6.45, 7) is 0.196. The van der Waals surface area contributed by atoms with Gasteiger partial charge in [0, 0.05) is 24.2 Å². The van der Waals surface area contributed by atoms with Gasteiger partial charge in [-0.1, -0.05) is 54.6 Å². The molecule has 1 saturated carbocycles. The lowest BCUT2D eigenvalue weighted by atomic mass is 10.1. The third-order valence-corrected chi connectivity index (χ3v) is 5.94. The largest absolute Gasteiger partial charge is 0.471 e. The first kappa shape index (κ1) is 24.8. The van der Waals surface area contributed by atoms with Crippen LogP contribution in [0.5, 0.6) is 0 Å². The van der Waals surface area contributed by atoms with Gasteiger partial charge in [-0.3, -0.25) is 4.79 Å². The number of nitrogens with one attached hydrogen (secondary N) is 1. The average molecular weight is 492 g/mol. The van der Waals surface area contributed by atoms with E-state index < -0.39 is 23.8 Å². The molecule has 0 spiro atoms. The molecule has 0 heterocycles. The molecule has 3 aromatic rings. The standard InChI is InChI=1S/C26H22F6N2O/c27-25(28,29)20-10-6-17(7-11-20)15-33-23-14-22(23)19-8-12-21(13-9-19)34(24(35)26(30,31)32)16-18-4-2-1-3-5-18/h1-13,22-23,33H,14-16H2. The second-order valence-corrected chi connectivity index (χ2v) is 8.49. The number of benzene rings is 3. The molecule has 3 nitrogen and oxygen atoms in total. The maximum atomic E-state index is 13.2. The van der Waals surface area contributed by atoms with Crippen LogP contribution in [0.2, 0.25) is 0 Å². The summed E-state index contributed by atoms with van der Waals surface area (Å²) >= 11 is 0. The van der Waals surface area contributed by atoms with Crippen LogP contribution < -0.4 is 10.2 Å². The number of hydrogen-bond donors (Lipinski definition) is 1. The SMILES string of the molecule is O=C(N(Cc1ccccc1)c1ccc(C2CC2NCc2ccc(C(F)(F)F)cc2)cc1)C(F)(F)F. The maximum Gasteiger partial charge on any atom is 0.471 e. The first-order valence-corrected chi connectivity index (χ1v) is 10.9. The van der Waals surface area contributed by atoms with E-state index in [4.69, 9.17) is 0 Å². The van der Waals surface area contributed by atoms with E-state index in [1.54, 1.807) is 42.5 Å². The van der Waals surface area contributed by atoms with Gasteiger partial charge < -0.3 is 10.2 Å². The highest BCUT2D eigenvalue weighted by atomic mass is 19.4. The average Bonchev–Trinajstić information content (AvgIpc) is 3.60. The van der Waals surface area contributed by atoms with Gasteiger partial charge in [0.1, 0.15) is 0 Å². The van der Waals surface area contributed by atoms with Crippen molar-refractivity contribution in [2.45, 2.75) is 43.8 Å². The van der Waals surface area contributed by atoms with Gasteiger partial charge in [0.25, 0.3) is 0 Å². The minimum Gasteiger partial charge on any atom is -0.309 e. The highest BCUT2D eigenvalue weighted by Crippen LogP contribution is 2.41. The number of hydrogen-bond acceptors (Lipinski definition) is 2. The fraction of sp³-hybridized carbons (Fsp3) is 0.269. The van der Waals surface area contributed by atoms with Crippen LogP contribution in [-0.2, 0) is 24.1 Å². The summed E-state index contributed by atoms with van der Waals surface area (Å²) in [5, 5.41) is 3.29. The number of carbonyl (C=O) groups is 1. The molecule has 0 aromatic heterocycles. The van der Waals surface area contributed by atoms with Gasteiger partial charge in [-0.15, -0.1) is 0 Å². The molecule has 184 valence electrons. The van der Waals surface area contributed by atoms with E-state index >= 15 is 0 Å². The van der Waals surface area contributed by atoms with E-state index in [2.05, 4.69) is 5.32 Å². The summed E-state index contributed by atoms with van der Waals surface area (Å²) in [4.78, 5) is 12.8. The van der Waals surface area contributed by atoms with Crippen LogP contribution in [0.15, 0.2) is 78.9 Å². The Balaban J connectivity index is 1.39. The molecule has 1 N–H and O–H groups in total. The summed E-state index contributed by atoms with van der Waals surface area (Å²) in [5.74, 6) is -1.80. The molecule has 3 aromatic carbocycles. The minimum absolute atomic E-state index is 0.111. The number of carbonyl (C=O) groups excluding carboxylic acids is 1. The molecule has 1 amide bonds. The number of anilines is 1. The first-order valence-electron chi connectivity index (χ1n) is 10.9. The molecule has 0 saturated heterocycles. The summed E-state index contributed by atoms with van der Waals surface area (Å²) in [6, 6.07) is 19.9. The quantitative estimate of drug-likeness (QED) is 0.385. The molecule has 1 aliphatic carbocycles. The van der Waals surface area contributed by atoms with Crippen LogP contribution in [0, 0.1) is 0 Å². The summed E-state index contributed by atoms with van der Waals surface area (Å²) < 4.78 is 77.7. The highest BCUT2D eigenvalue weighted by Gasteiger charge is 2.43. The van der Waals surface area contributed by atoms with Crippen LogP contribution in [0.4, 0.5) is 32.0 Å². The van der Waals surface area contributed by atoms with Crippen molar-refractivity contribution in [3.63, 3.8) is 0 Å². The van der Waals surface area contributed by atoms with E-state index in [1.165, 1.54) is 24.3 Å². The first-order chi connectivity index (χ1) is 16.5. The zero-order valence-corrected chi connectivity index (χ0v) is 18.4. The van der Waals surface area contributed by atoms with Crippen LogP contribution >= 0.6 is 0 Å². The van der Waals surface area contributed by atoms with Gasteiger partial charge in [-0.25, -0.2) is 0 Å². The summed E-state index contributed by atoms with van der Waals surface area (Å²) in [7, 11) is 0. The molecular formula is C26H22F6N2O. The van der Waals surface area contributed by atoms with Gasteiger partial charge in [-0.05, 0) is 47.4 Å². The highest BCUT2D eigenvalue weighted by molar-refractivity contribution is 5.97. The Bertz CT molecular complexity index is 1140. The molecule has 35 heavy (non-hydrogen) atoms. The van der Waals surface area contributed by atoms with Gasteiger partial charge in [-0.2, -0.15) is 26.3 Å². The van der Waals surface area contributed by atoms with E-state index in [0.717, 1.165) is 29.7 Å². The van der Waals surface area contributed by atoms with Gasteiger partial charge in [0.15, 0.2) is 0 Å². The molecule has 2 unspecified atom stereocenters. The second kappa shape index (κ2) is 9.73. The third-order valence-electron chi connectivity index (χ3n) is 5.94. The van der Waals surface area contributed by atoms with Crippen LogP contribution in [0.3, 0.4) is 0 Å². The molecule has 0 radical (unpaired) electrons. The Morgan fingerprint density at radius 1 is 0.829 bits per heavy atom. The molecule has 4 rings (SSSR count). The van der Waals surface area contributed by atoms with E-state index in [1.807, 2.05) is 0 Å². The fourth-order valence-electron chi connectivity index (χ4n) is 3.95. The van der Waals surface area contributed by atoms with Crippen molar-refractivity contribution in [1.82, 2.24) is 5.32 Å². The lowest BCUT2D eigenvalue weighted by molar-refractivity contribution is -0.170. The summed E-state index contributed by atoms with van der Waals surface area (Å²) in [5.41, 5.74) is 1.66. The second-order valence-electron chi connectivity index (χ2n) is 8.49. The van der Waals surface area contributed by atoms with E-state index in [0.29, 0.717) is 17.0 Å². The molecule has 1 fully saturated rings. The lowest BCUT2D eigenvalue weighted by Gasteiger charge is -2.24. The smallest absolute Gasteiger partial charge is 0.309 e. The summed E-state index contributed by atoms with van der Waals surface area (Å²) in [6.07, 6.45) is -8.58. The van der Waals surface area contributed by atoms with Crippen molar-refractivity contribution >= 4 is 11.6 Å². The zero-order valence-electron chi connectivity index (χ0n) is 18.4. The normalized spacial score (nSPS) is 17.8. The van der Waals surface area contributed by atoms with Crippen molar-refractivity contribution in [3.05, 3.63) is 101 Å². The van der Waals surface area contributed by atoms with Crippen LogP contribution in [0.25, 0.3) is 0 Å². The molecule has 9 heteroatoms. The Morgan fingerprint density at radius 3 is 2.03 bits per heavy atom. The molecule has 2 atom stereocenters. The van der Waals surface area contributed by atoms with Crippen molar-refractivity contribution in [3.8, 4) is 0 Å². The number of alkyl halides is 6. The molecule has 0 bridgehead atoms. The van der Waals surface area contributed by atoms with Crippen molar-refractivity contribution in [2.24, 2.45) is 0 Å². The van der Waals surface area contributed by atoms with Crippen molar-refractivity contribution < 1.29 is 31.1 Å². The Labute approximate surface area is 198 Å². The maximum absolute atomic E-state index is 13.2. The number of rotatable bonds is 7. The van der Waals surface area contributed by atoms with Crippen LogP contribution in [-0.4, -0.2) is 18.1 Å². The lowest BCUT2D eigenvalue weighted by Crippen LogP contribution is -2.40. The number of halogens is 6. The van der Waals surface area contributed by atoms with Crippen molar-refractivity contribution in [1.29, 1.82) is 0 Å². The van der Waals surface area contributed by atoms with Gasteiger partial charge in [0.2, 0.25) is 0 Å². The van der Waals surface area contributed by atoms with Gasteiger partial charge >= 0.3 is 18.3 Å². The Hall–Kier alpha value is -3.33. The topological polar surface area (TPSA) is 32.3 Å². The fourth-order valence-corrected chi connectivity index (χ4v) is 3.95. The molecule has 0 aliphatic heterocycles. The predicted octanol–water partition coefficient (Wildman–Crippen LogP) is 6.45. The zero-order chi connectivity index (χ0) is 25.2. The number of amides is 1. The Kier molecular flexibility index (Phi) is 6.89. The van der Waals surface area contributed by atoms with Crippen LogP contribution in [0.1, 0.15) is 34.6 Å². The van der Waals surface area contributed by atoms with Gasteiger partial charge in [0.05, 0.1) is 12.1 Å². The Morgan fingerprint density at radius 2 is 1.46 bits per heavy atom. The van der Waals surface area contributed by atoms with E-state index in [9.17, 15) is 31.1 Å². The van der Waals surface area contributed by atoms with E-state index in [-0.39, 0.29) is 24.2 Å². The molecular weight excluding hydrogens is 470 g/mol. The number of nitrogens with zero attached hydrogens (tertiary/aromatic N) is 1. The predicted molar refractivity (Wildman–Crippen MR) is 120 cm³/mol. The third kappa shape index (κ3) is 6.22. The minimum atomic E-state index is -5.00. The van der Waals surface area contributed by atoms with Crippen molar-refractivity contribution in [2.75, 3.05) is 4.90 Å².